The van der Waals surface area contributed by atoms with E-state index in [0.717, 1.165) is 36.0 Å². The second-order valence-corrected chi connectivity index (χ2v) is 6.65. The van der Waals surface area contributed by atoms with Gasteiger partial charge in [0.25, 0.3) is 0 Å². The Hall–Kier alpha value is -0.420. The van der Waals surface area contributed by atoms with E-state index in [0.29, 0.717) is 13.0 Å². The summed E-state index contributed by atoms with van der Waals surface area (Å²) >= 11 is 3.39. The Morgan fingerprint density at radius 2 is 2.05 bits per heavy atom. The van der Waals surface area contributed by atoms with Gasteiger partial charge in [0, 0.05) is 17.6 Å². The minimum absolute atomic E-state index is 0.431. The van der Waals surface area contributed by atoms with E-state index in [9.17, 15) is 10.2 Å². The van der Waals surface area contributed by atoms with E-state index < -0.39 is 11.7 Å². The SMILES string of the molecule is CC1(O)CCCN(CCC(O)c2ccc(Br)cc2)C1. The van der Waals surface area contributed by atoms with Crippen LogP contribution >= 0.6 is 15.9 Å². The Labute approximate surface area is 123 Å². The first-order valence-corrected chi connectivity index (χ1v) is 7.64. The highest BCUT2D eigenvalue weighted by Crippen LogP contribution is 2.23. The van der Waals surface area contributed by atoms with Crippen molar-refractivity contribution < 1.29 is 10.2 Å². The summed E-state index contributed by atoms with van der Waals surface area (Å²) in [6, 6.07) is 7.79. The number of aliphatic hydroxyl groups is 2. The second kappa shape index (κ2) is 6.35. The van der Waals surface area contributed by atoms with Crippen molar-refractivity contribution in [2.75, 3.05) is 19.6 Å². The van der Waals surface area contributed by atoms with E-state index in [1.807, 2.05) is 31.2 Å². The Balaban J connectivity index is 1.83. The van der Waals surface area contributed by atoms with Crippen molar-refractivity contribution in [3.05, 3.63) is 34.3 Å². The minimum atomic E-state index is -0.569. The lowest BCUT2D eigenvalue weighted by Crippen LogP contribution is -2.46. The lowest BCUT2D eigenvalue weighted by Gasteiger charge is -2.37. The average molecular weight is 328 g/mol. The Morgan fingerprint density at radius 1 is 1.37 bits per heavy atom. The topological polar surface area (TPSA) is 43.7 Å². The Morgan fingerprint density at radius 3 is 2.68 bits per heavy atom. The molecule has 0 bridgehead atoms. The molecule has 106 valence electrons. The zero-order chi connectivity index (χ0) is 13.9. The van der Waals surface area contributed by atoms with E-state index >= 15 is 0 Å². The van der Waals surface area contributed by atoms with Gasteiger partial charge in [0.05, 0.1) is 11.7 Å². The predicted octanol–water partition coefficient (Wildman–Crippen LogP) is 2.72. The maximum Gasteiger partial charge on any atom is 0.0802 e. The van der Waals surface area contributed by atoms with Crippen LogP contribution in [0.25, 0.3) is 0 Å². The van der Waals surface area contributed by atoms with Crippen LogP contribution in [0.5, 0.6) is 0 Å². The third kappa shape index (κ3) is 4.56. The van der Waals surface area contributed by atoms with Crippen molar-refractivity contribution >= 4 is 15.9 Å². The monoisotopic (exact) mass is 327 g/mol. The third-order valence-corrected chi connectivity index (χ3v) is 4.26. The van der Waals surface area contributed by atoms with E-state index in [1.165, 1.54) is 0 Å². The fourth-order valence-electron chi connectivity index (χ4n) is 2.67. The fraction of sp³-hybridized carbons (Fsp3) is 0.600. The van der Waals surface area contributed by atoms with Crippen molar-refractivity contribution in [1.82, 2.24) is 4.90 Å². The first-order chi connectivity index (χ1) is 8.96. The van der Waals surface area contributed by atoms with Gasteiger partial charge in [-0.05, 0) is 50.4 Å². The summed E-state index contributed by atoms with van der Waals surface area (Å²) in [6.45, 7) is 4.45. The van der Waals surface area contributed by atoms with Crippen LogP contribution in [0.2, 0.25) is 0 Å². The van der Waals surface area contributed by atoms with Crippen molar-refractivity contribution in [1.29, 1.82) is 0 Å². The average Bonchev–Trinajstić information content (AvgIpc) is 2.36. The molecule has 1 aromatic carbocycles. The number of hydrogen-bond acceptors (Lipinski definition) is 3. The molecule has 0 radical (unpaired) electrons. The zero-order valence-corrected chi connectivity index (χ0v) is 12.9. The van der Waals surface area contributed by atoms with Crippen LogP contribution in [-0.2, 0) is 0 Å². The van der Waals surface area contributed by atoms with Crippen molar-refractivity contribution in [2.24, 2.45) is 0 Å². The fourth-order valence-corrected chi connectivity index (χ4v) is 2.93. The number of likely N-dealkylation sites (tertiary alicyclic amines) is 1. The van der Waals surface area contributed by atoms with Gasteiger partial charge in [-0.25, -0.2) is 0 Å². The van der Waals surface area contributed by atoms with Gasteiger partial charge in [-0.1, -0.05) is 28.1 Å². The summed E-state index contributed by atoms with van der Waals surface area (Å²) in [6.07, 6.45) is 2.18. The number of benzene rings is 1. The molecule has 1 saturated heterocycles. The molecule has 0 saturated carbocycles. The summed E-state index contributed by atoms with van der Waals surface area (Å²) in [5, 5.41) is 20.2. The summed E-state index contributed by atoms with van der Waals surface area (Å²) < 4.78 is 1.02. The van der Waals surface area contributed by atoms with E-state index in [-0.39, 0.29) is 0 Å². The number of hydrogen-bond donors (Lipinski definition) is 2. The molecule has 0 aromatic heterocycles. The van der Waals surface area contributed by atoms with Gasteiger partial charge in [-0.3, -0.25) is 0 Å². The molecule has 3 nitrogen and oxygen atoms in total. The van der Waals surface area contributed by atoms with Crippen LogP contribution in [0.15, 0.2) is 28.7 Å². The third-order valence-electron chi connectivity index (χ3n) is 3.73. The Kier molecular flexibility index (Phi) is 5.01. The number of rotatable bonds is 4. The lowest BCUT2D eigenvalue weighted by molar-refractivity contribution is -0.0191. The smallest absolute Gasteiger partial charge is 0.0802 e. The van der Waals surface area contributed by atoms with Gasteiger partial charge in [0.1, 0.15) is 0 Å². The van der Waals surface area contributed by atoms with Gasteiger partial charge in [-0.15, -0.1) is 0 Å². The number of halogens is 1. The van der Waals surface area contributed by atoms with Crippen LogP contribution in [0.1, 0.15) is 37.9 Å². The lowest BCUT2D eigenvalue weighted by atomic mass is 9.95. The van der Waals surface area contributed by atoms with Crippen LogP contribution in [0, 0.1) is 0 Å². The van der Waals surface area contributed by atoms with Crippen LogP contribution in [0.3, 0.4) is 0 Å². The largest absolute Gasteiger partial charge is 0.389 e. The highest BCUT2D eigenvalue weighted by Gasteiger charge is 2.28. The van der Waals surface area contributed by atoms with E-state index in [4.69, 9.17) is 0 Å². The van der Waals surface area contributed by atoms with Gasteiger partial charge < -0.3 is 15.1 Å². The molecule has 2 rings (SSSR count). The van der Waals surface area contributed by atoms with Crippen LogP contribution in [0.4, 0.5) is 0 Å². The molecule has 0 aliphatic carbocycles. The molecule has 0 amide bonds. The van der Waals surface area contributed by atoms with Crippen LogP contribution < -0.4 is 0 Å². The molecular weight excluding hydrogens is 306 g/mol. The minimum Gasteiger partial charge on any atom is -0.389 e. The van der Waals surface area contributed by atoms with E-state index in [1.54, 1.807) is 0 Å². The highest BCUT2D eigenvalue weighted by molar-refractivity contribution is 9.10. The Bertz CT molecular complexity index is 405. The molecule has 1 aliphatic heterocycles. The van der Waals surface area contributed by atoms with Gasteiger partial charge in [0.15, 0.2) is 0 Å². The molecule has 2 unspecified atom stereocenters. The van der Waals surface area contributed by atoms with Crippen molar-refractivity contribution in [2.45, 2.75) is 37.9 Å². The molecule has 0 spiro atoms. The number of piperidine rings is 1. The number of β-amino-alcohol motifs (C(OH)–C–C–N with tert-alkyl or cyclic N) is 1. The predicted molar refractivity (Wildman–Crippen MR) is 80.0 cm³/mol. The molecule has 1 heterocycles. The van der Waals surface area contributed by atoms with Crippen molar-refractivity contribution in [3.63, 3.8) is 0 Å². The van der Waals surface area contributed by atoms with Gasteiger partial charge in [0.2, 0.25) is 0 Å². The van der Waals surface area contributed by atoms with Gasteiger partial charge in [-0.2, -0.15) is 0 Å². The molecule has 1 fully saturated rings. The van der Waals surface area contributed by atoms with Gasteiger partial charge >= 0.3 is 0 Å². The van der Waals surface area contributed by atoms with Crippen molar-refractivity contribution in [3.8, 4) is 0 Å². The summed E-state index contributed by atoms with van der Waals surface area (Å²) in [7, 11) is 0. The second-order valence-electron chi connectivity index (χ2n) is 5.73. The molecule has 1 aliphatic rings. The molecule has 1 aromatic rings. The standard InChI is InChI=1S/C15H22BrNO2/c1-15(19)8-2-9-17(11-15)10-7-14(18)12-3-5-13(16)6-4-12/h3-6,14,18-19H,2,7-11H2,1H3. The summed E-state index contributed by atoms with van der Waals surface area (Å²) in [4.78, 5) is 2.24. The molecule has 19 heavy (non-hydrogen) atoms. The molecule has 2 atom stereocenters. The first kappa shape index (κ1) is 15.0. The highest BCUT2D eigenvalue weighted by atomic mass is 79.9. The number of aliphatic hydroxyl groups excluding tert-OH is 1. The molecule has 4 heteroatoms. The van der Waals surface area contributed by atoms with E-state index in [2.05, 4.69) is 20.8 Å². The molecule has 2 N–H and O–H groups in total. The zero-order valence-electron chi connectivity index (χ0n) is 11.3. The first-order valence-electron chi connectivity index (χ1n) is 6.84. The number of nitrogens with zero attached hydrogens (tertiary/aromatic N) is 1. The maximum absolute atomic E-state index is 10.2. The quantitative estimate of drug-likeness (QED) is 0.893. The summed E-state index contributed by atoms with van der Waals surface area (Å²) in [5.41, 5.74) is 0.382. The maximum atomic E-state index is 10.2. The molecular formula is C15H22BrNO2. The summed E-state index contributed by atoms with van der Waals surface area (Å²) in [5.74, 6) is 0. The normalized spacial score (nSPS) is 26.3. The van der Waals surface area contributed by atoms with Crippen LogP contribution in [-0.4, -0.2) is 40.3 Å².